The van der Waals surface area contributed by atoms with Crippen LogP contribution in [0.1, 0.15) is 41.1 Å². The Morgan fingerprint density at radius 2 is 1.91 bits per heavy atom. The lowest BCUT2D eigenvalue weighted by molar-refractivity contribution is -0.130. The number of fused-ring (bicyclic) bond motifs is 1. The summed E-state index contributed by atoms with van der Waals surface area (Å²) in [5.41, 5.74) is -1.03. The number of benzene rings is 2. The maximum atomic E-state index is 12.4. The molecule has 1 fully saturated rings. The number of rotatable bonds is 7. The average Bonchev–Trinajstić information content (AvgIpc) is 3.16. The smallest absolute Gasteiger partial charge is 0.355 e. The second-order valence-corrected chi connectivity index (χ2v) is 9.52. The van der Waals surface area contributed by atoms with Gasteiger partial charge < -0.3 is 15.4 Å². The number of piperidine rings is 1. The number of carbonyl (C=O) groups is 3. The highest BCUT2D eigenvalue weighted by molar-refractivity contribution is 8.00. The van der Waals surface area contributed by atoms with Crippen LogP contribution >= 0.6 is 11.8 Å². The molecule has 0 bridgehead atoms. The first-order chi connectivity index (χ1) is 16.2. The Hall–Kier alpha value is -2.85. The molecular weight excluding hydrogens is 467 g/mol. The molecule has 0 saturated carbocycles. The Morgan fingerprint density at radius 3 is 2.59 bits per heavy atom. The number of hydrogen-bond donors (Lipinski definition) is 2. The van der Waals surface area contributed by atoms with Crippen LogP contribution in [0.2, 0.25) is 0 Å². The normalized spacial score (nSPS) is 20.5. The molecule has 2 atom stereocenters. The lowest BCUT2D eigenvalue weighted by Gasteiger charge is -2.32. The van der Waals surface area contributed by atoms with E-state index in [9.17, 15) is 27.6 Å². The number of amides is 2. The molecule has 4 rings (SSSR count). The van der Waals surface area contributed by atoms with E-state index in [2.05, 4.69) is 10.6 Å². The van der Waals surface area contributed by atoms with Crippen molar-refractivity contribution in [2.75, 3.05) is 6.54 Å². The molecular formula is C24H24F3N3O3S. The van der Waals surface area contributed by atoms with Crippen LogP contribution < -0.4 is 10.6 Å². The number of hydrogen-bond acceptors (Lipinski definition) is 5. The molecule has 180 valence electrons. The number of aldehydes is 1. The Bertz CT molecular complexity index is 1080. The van der Waals surface area contributed by atoms with Gasteiger partial charge in [-0.05, 0) is 59.0 Å². The summed E-state index contributed by atoms with van der Waals surface area (Å²) in [7, 11) is 0. The molecule has 10 heteroatoms. The molecule has 2 unspecified atom stereocenters. The standard InChI is InChI=1S/C24H24F3N3O3S/c25-24(26,27)34-18-6-3-15(4-7-18)11-22(32)29-12-16-5-8-19-17(10-16)13-30(21(19)14-31)20-2-1-9-28-23(20)33/h3-8,10,14,20-21H,1-2,9,11-13H2,(H,28,33)(H,29,32). The van der Waals surface area contributed by atoms with Crippen LogP contribution in [0.25, 0.3) is 0 Å². The molecule has 0 aromatic heterocycles. The van der Waals surface area contributed by atoms with Crippen LogP contribution in [-0.2, 0) is 33.9 Å². The number of halogens is 3. The molecule has 2 aromatic rings. The van der Waals surface area contributed by atoms with Gasteiger partial charge in [0.1, 0.15) is 6.29 Å². The Labute approximate surface area is 199 Å². The fourth-order valence-electron chi connectivity index (χ4n) is 4.45. The molecule has 1 saturated heterocycles. The predicted molar refractivity (Wildman–Crippen MR) is 121 cm³/mol. The number of thioether (sulfide) groups is 1. The highest BCUT2D eigenvalue weighted by Crippen LogP contribution is 2.37. The van der Waals surface area contributed by atoms with Crippen LogP contribution in [0.3, 0.4) is 0 Å². The van der Waals surface area contributed by atoms with E-state index in [0.29, 0.717) is 25.1 Å². The van der Waals surface area contributed by atoms with Crippen molar-refractivity contribution < 1.29 is 27.6 Å². The van der Waals surface area contributed by atoms with Gasteiger partial charge in [-0.25, -0.2) is 0 Å². The topological polar surface area (TPSA) is 78.5 Å². The first-order valence-electron chi connectivity index (χ1n) is 11.0. The minimum absolute atomic E-state index is 0.0524. The molecule has 0 radical (unpaired) electrons. The summed E-state index contributed by atoms with van der Waals surface area (Å²) in [5.74, 6) is -0.300. The first kappa shape index (κ1) is 24.3. The minimum atomic E-state index is -4.35. The summed E-state index contributed by atoms with van der Waals surface area (Å²) >= 11 is -0.191. The lowest BCUT2D eigenvalue weighted by Crippen LogP contribution is -2.49. The molecule has 0 aliphatic carbocycles. The highest BCUT2D eigenvalue weighted by atomic mass is 32.2. The summed E-state index contributed by atoms with van der Waals surface area (Å²) in [4.78, 5) is 38.4. The molecule has 2 N–H and O–H groups in total. The largest absolute Gasteiger partial charge is 0.446 e. The van der Waals surface area contributed by atoms with E-state index in [0.717, 1.165) is 29.4 Å². The molecule has 0 spiro atoms. The van der Waals surface area contributed by atoms with E-state index >= 15 is 0 Å². The van der Waals surface area contributed by atoms with Crippen LogP contribution in [0, 0.1) is 0 Å². The number of nitrogens with one attached hydrogen (secondary N) is 2. The Balaban J connectivity index is 1.34. The minimum Gasteiger partial charge on any atom is -0.355 e. The molecule has 2 aliphatic heterocycles. The Kier molecular flexibility index (Phi) is 7.27. The fourth-order valence-corrected chi connectivity index (χ4v) is 4.99. The van der Waals surface area contributed by atoms with E-state index in [1.54, 1.807) is 0 Å². The zero-order valence-electron chi connectivity index (χ0n) is 18.2. The van der Waals surface area contributed by atoms with Gasteiger partial charge in [0.15, 0.2) is 0 Å². The second kappa shape index (κ2) is 10.2. The summed E-state index contributed by atoms with van der Waals surface area (Å²) in [5, 5.41) is 5.69. The fraction of sp³-hybridized carbons (Fsp3) is 0.375. The third-order valence-corrected chi connectivity index (χ3v) is 6.77. The third kappa shape index (κ3) is 5.79. The van der Waals surface area contributed by atoms with Gasteiger partial charge in [-0.15, -0.1) is 0 Å². The monoisotopic (exact) mass is 491 g/mol. The Morgan fingerprint density at radius 1 is 1.18 bits per heavy atom. The van der Waals surface area contributed by atoms with Crippen LogP contribution in [0.5, 0.6) is 0 Å². The zero-order valence-corrected chi connectivity index (χ0v) is 19.0. The average molecular weight is 492 g/mol. The molecule has 2 aromatic carbocycles. The van der Waals surface area contributed by atoms with Crippen LogP contribution in [0.15, 0.2) is 47.4 Å². The van der Waals surface area contributed by atoms with Gasteiger partial charge in [-0.2, -0.15) is 13.2 Å². The first-order valence-corrected chi connectivity index (χ1v) is 11.8. The molecule has 2 heterocycles. The van der Waals surface area contributed by atoms with E-state index in [4.69, 9.17) is 0 Å². The number of alkyl halides is 3. The van der Waals surface area contributed by atoms with Gasteiger partial charge in [-0.3, -0.25) is 14.5 Å². The zero-order chi connectivity index (χ0) is 24.3. The van der Waals surface area contributed by atoms with Gasteiger partial charge in [0.25, 0.3) is 0 Å². The maximum Gasteiger partial charge on any atom is 0.446 e. The van der Waals surface area contributed by atoms with Crippen molar-refractivity contribution in [2.24, 2.45) is 0 Å². The summed E-state index contributed by atoms with van der Waals surface area (Å²) in [6.45, 7) is 1.42. The van der Waals surface area contributed by atoms with Crippen molar-refractivity contribution in [3.8, 4) is 0 Å². The predicted octanol–water partition coefficient (Wildman–Crippen LogP) is 3.49. The van der Waals surface area contributed by atoms with E-state index in [-0.39, 0.29) is 47.5 Å². The van der Waals surface area contributed by atoms with Crippen LogP contribution in [-0.4, -0.2) is 41.1 Å². The SMILES string of the molecule is O=CC1c2ccc(CNC(=O)Cc3ccc(SC(F)(F)F)cc3)cc2CN1C1CCCNC1=O. The van der Waals surface area contributed by atoms with Gasteiger partial charge >= 0.3 is 5.51 Å². The summed E-state index contributed by atoms with van der Waals surface area (Å²) in [6.07, 6.45) is 2.51. The summed E-state index contributed by atoms with van der Waals surface area (Å²) in [6, 6.07) is 10.6. The third-order valence-electron chi connectivity index (χ3n) is 6.03. The second-order valence-electron chi connectivity index (χ2n) is 8.38. The maximum absolute atomic E-state index is 12.4. The summed E-state index contributed by atoms with van der Waals surface area (Å²) < 4.78 is 37.3. The van der Waals surface area contributed by atoms with Crippen molar-refractivity contribution in [3.05, 3.63) is 64.7 Å². The van der Waals surface area contributed by atoms with Gasteiger partial charge in [0.05, 0.1) is 18.5 Å². The van der Waals surface area contributed by atoms with Crippen molar-refractivity contribution >= 4 is 29.9 Å². The van der Waals surface area contributed by atoms with Gasteiger partial charge in [0.2, 0.25) is 11.8 Å². The number of carbonyl (C=O) groups excluding carboxylic acids is 3. The lowest BCUT2D eigenvalue weighted by atomic mass is 10.0. The van der Waals surface area contributed by atoms with Crippen molar-refractivity contribution in [3.63, 3.8) is 0 Å². The quantitative estimate of drug-likeness (QED) is 0.458. The van der Waals surface area contributed by atoms with Gasteiger partial charge in [-0.1, -0.05) is 30.3 Å². The number of nitrogens with zero attached hydrogens (tertiary/aromatic N) is 1. The highest BCUT2D eigenvalue weighted by Gasteiger charge is 2.38. The molecule has 2 amide bonds. The van der Waals surface area contributed by atoms with Crippen molar-refractivity contribution in [2.45, 2.75) is 54.8 Å². The van der Waals surface area contributed by atoms with E-state index < -0.39 is 11.6 Å². The van der Waals surface area contributed by atoms with E-state index in [1.807, 2.05) is 23.1 Å². The van der Waals surface area contributed by atoms with Crippen molar-refractivity contribution in [1.82, 2.24) is 15.5 Å². The molecule has 2 aliphatic rings. The van der Waals surface area contributed by atoms with E-state index in [1.165, 1.54) is 24.3 Å². The van der Waals surface area contributed by atoms with Crippen molar-refractivity contribution in [1.29, 1.82) is 0 Å². The van der Waals surface area contributed by atoms with Crippen LogP contribution in [0.4, 0.5) is 13.2 Å². The molecule has 34 heavy (non-hydrogen) atoms. The van der Waals surface area contributed by atoms with Gasteiger partial charge in [0, 0.05) is 24.5 Å². The molecule has 6 nitrogen and oxygen atoms in total.